The maximum absolute atomic E-state index is 4.74. The zero-order valence-electron chi connectivity index (χ0n) is 14.2. The fraction of sp³-hybridized carbons (Fsp3) is 0.765. The molecule has 1 saturated carbocycles. The fourth-order valence-corrected chi connectivity index (χ4v) is 2.75. The first kappa shape index (κ1) is 16.1. The summed E-state index contributed by atoms with van der Waals surface area (Å²) in [6.07, 6.45) is 4.90. The molecule has 0 spiro atoms. The first-order chi connectivity index (χ1) is 9.88. The van der Waals surface area contributed by atoms with Gasteiger partial charge in [-0.05, 0) is 31.6 Å². The van der Waals surface area contributed by atoms with Crippen molar-refractivity contribution in [2.24, 2.45) is 5.92 Å². The summed E-state index contributed by atoms with van der Waals surface area (Å²) in [7, 11) is 0. The average Bonchev–Trinajstić information content (AvgIpc) is 2.80. The van der Waals surface area contributed by atoms with Crippen LogP contribution in [-0.4, -0.2) is 22.6 Å². The first-order valence-electron chi connectivity index (χ1n) is 8.28. The van der Waals surface area contributed by atoms with Crippen LogP contribution in [0.3, 0.4) is 0 Å². The van der Waals surface area contributed by atoms with E-state index in [0.29, 0.717) is 6.04 Å². The van der Waals surface area contributed by atoms with E-state index in [4.69, 9.17) is 4.98 Å². The van der Waals surface area contributed by atoms with Crippen molar-refractivity contribution >= 4 is 11.6 Å². The third-order valence-corrected chi connectivity index (χ3v) is 4.00. The van der Waals surface area contributed by atoms with Gasteiger partial charge in [-0.25, -0.2) is 9.97 Å². The summed E-state index contributed by atoms with van der Waals surface area (Å²) < 4.78 is 0. The summed E-state index contributed by atoms with van der Waals surface area (Å²) in [5, 5.41) is 7.00. The minimum Gasteiger partial charge on any atom is -0.370 e. The van der Waals surface area contributed by atoms with Gasteiger partial charge in [-0.3, -0.25) is 0 Å². The second kappa shape index (κ2) is 6.63. The third-order valence-electron chi connectivity index (χ3n) is 4.00. The van der Waals surface area contributed by atoms with Gasteiger partial charge in [0.05, 0.1) is 0 Å². The van der Waals surface area contributed by atoms with Crippen molar-refractivity contribution in [2.75, 3.05) is 17.2 Å². The molecule has 1 aliphatic rings. The lowest BCUT2D eigenvalue weighted by Gasteiger charge is -2.21. The SMILES string of the molecule is CCCNc1cc(NC2CCC(C)C2)nc(C(C)(C)C)n1. The Balaban J connectivity index is 2.18. The first-order valence-corrected chi connectivity index (χ1v) is 8.28. The molecule has 4 heteroatoms. The Morgan fingerprint density at radius 3 is 2.48 bits per heavy atom. The molecule has 2 atom stereocenters. The summed E-state index contributed by atoms with van der Waals surface area (Å²) in [5.74, 6) is 3.62. The molecule has 1 aliphatic carbocycles. The van der Waals surface area contributed by atoms with Gasteiger partial charge in [-0.2, -0.15) is 0 Å². The van der Waals surface area contributed by atoms with E-state index in [2.05, 4.69) is 50.2 Å². The Morgan fingerprint density at radius 2 is 1.90 bits per heavy atom. The van der Waals surface area contributed by atoms with Gasteiger partial charge < -0.3 is 10.6 Å². The molecule has 1 fully saturated rings. The number of nitrogens with zero attached hydrogens (tertiary/aromatic N) is 2. The smallest absolute Gasteiger partial charge is 0.138 e. The molecule has 21 heavy (non-hydrogen) atoms. The Hall–Kier alpha value is -1.32. The normalized spacial score (nSPS) is 22.3. The second-order valence-electron chi connectivity index (χ2n) is 7.40. The van der Waals surface area contributed by atoms with E-state index in [1.54, 1.807) is 0 Å². The predicted molar refractivity (Wildman–Crippen MR) is 89.9 cm³/mol. The van der Waals surface area contributed by atoms with Crippen molar-refractivity contribution < 1.29 is 0 Å². The Morgan fingerprint density at radius 1 is 1.19 bits per heavy atom. The van der Waals surface area contributed by atoms with Crippen molar-refractivity contribution in [3.63, 3.8) is 0 Å². The Kier molecular flexibility index (Phi) is 5.07. The van der Waals surface area contributed by atoms with Crippen LogP contribution in [0.2, 0.25) is 0 Å². The van der Waals surface area contributed by atoms with Gasteiger partial charge in [0, 0.05) is 24.1 Å². The van der Waals surface area contributed by atoms with Crippen LogP contribution >= 0.6 is 0 Å². The van der Waals surface area contributed by atoms with Crippen LogP contribution in [0.25, 0.3) is 0 Å². The molecule has 1 aromatic heterocycles. The largest absolute Gasteiger partial charge is 0.370 e. The molecule has 4 nitrogen and oxygen atoms in total. The van der Waals surface area contributed by atoms with Crippen molar-refractivity contribution in [3.8, 4) is 0 Å². The van der Waals surface area contributed by atoms with E-state index in [1.165, 1.54) is 19.3 Å². The van der Waals surface area contributed by atoms with Crippen LogP contribution in [0.1, 0.15) is 66.1 Å². The van der Waals surface area contributed by atoms with Gasteiger partial charge in [0.1, 0.15) is 17.5 Å². The number of hydrogen-bond acceptors (Lipinski definition) is 4. The molecule has 0 saturated heterocycles. The molecule has 1 heterocycles. The highest BCUT2D eigenvalue weighted by molar-refractivity contribution is 5.48. The van der Waals surface area contributed by atoms with Crippen LogP contribution in [-0.2, 0) is 5.41 Å². The molecule has 0 radical (unpaired) electrons. The highest BCUT2D eigenvalue weighted by Gasteiger charge is 2.23. The lowest BCUT2D eigenvalue weighted by atomic mass is 9.96. The minimum atomic E-state index is -0.0384. The van der Waals surface area contributed by atoms with Crippen molar-refractivity contribution in [1.82, 2.24) is 9.97 Å². The minimum absolute atomic E-state index is 0.0384. The molecular formula is C17H30N4. The van der Waals surface area contributed by atoms with Crippen molar-refractivity contribution in [2.45, 2.75) is 71.8 Å². The third kappa shape index (κ3) is 4.58. The lowest BCUT2D eigenvalue weighted by Crippen LogP contribution is -2.21. The van der Waals surface area contributed by atoms with Crippen LogP contribution in [0.5, 0.6) is 0 Å². The van der Waals surface area contributed by atoms with E-state index in [9.17, 15) is 0 Å². The number of anilines is 2. The molecule has 118 valence electrons. The molecule has 1 aromatic rings. The van der Waals surface area contributed by atoms with Gasteiger partial charge >= 0.3 is 0 Å². The van der Waals surface area contributed by atoms with Gasteiger partial charge in [0.15, 0.2) is 0 Å². The van der Waals surface area contributed by atoms with E-state index in [0.717, 1.165) is 36.3 Å². The molecule has 0 bridgehead atoms. The lowest BCUT2D eigenvalue weighted by molar-refractivity contribution is 0.545. The Bertz CT molecular complexity index is 464. The molecular weight excluding hydrogens is 260 g/mol. The standard InChI is InChI=1S/C17H30N4/c1-6-9-18-14-11-15(19-13-8-7-12(2)10-13)21-16(20-14)17(3,4)5/h11-13H,6-10H2,1-5H3,(H2,18,19,20,21). The van der Waals surface area contributed by atoms with Gasteiger partial charge in [0.25, 0.3) is 0 Å². The topological polar surface area (TPSA) is 49.8 Å². The zero-order valence-corrected chi connectivity index (χ0v) is 14.2. The van der Waals surface area contributed by atoms with Crippen molar-refractivity contribution in [1.29, 1.82) is 0 Å². The molecule has 2 N–H and O–H groups in total. The summed E-state index contributed by atoms with van der Waals surface area (Å²) in [6.45, 7) is 11.9. The highest BCUT2D eigenvalue weighted by Crippen LogP contribution is 2.28. The molecule has 0 aliphatic heterocycles. The number of nitrogens with one attached hydrogen (secondary N) is 2. The monoisotopic (exact) mass is 290 g/mol. The number of rotatable bonds is 5. The van der Waals surface area contributed by atoms with Gasteiger partial charge in [-0.1, -0.05) is 34.6 Å². The Labute approximate surface area is 129 Å². The van der Waals surface area contributed by atoms with E-state index in [1.807, 2.05) is 6.07 Å². The maximum atomic E-state index is 4.74. The predicted octanol–water partition coefficient (Wildman–Crippen LogP) is 4.20. The maximum Gasteiger partial charge on any atom is 0.138 e. The molecule has 2 unspecified atom stereocenters. The van der Waals surface area contributed by atoms with Gasteiger partial charge in [-0.15, -0.1) is 0 Å². The summed E-state index contributed by atoms with van der Waals surface area (Å²) >= 11 is 0. The van der Waals surface area contributed by atoms with Crippen LogP contribution in [0.15, 0.2) is 6.07 Å². The number of hydrogen-bond donors (Lipinski definition) is 2. The van der Waals surface area contributed by atoms with Crippen LogP contribution < -0.4 is 10.6 Å². The second-order valence-corrected chi connectivity index (χ2v) is 7.40. The van der Waals surface area contributed by atoms with E-state index < -0.39 is 0 Å². The number of aromatic nitrogens is 2. The summed E-state index contributed by atoms with van der Waals surface area (Å²) in [4.78, 5) is 9.41. The van der Waals surface area contributed by atoms with Crippen LogP contribution in [0, 0.1) is 5.92 Å². The average molecular weight is 290 g/mol. The quantitative estimate of drug-likeness (QED) is 0.853. The van der Waals surface area contributed by atoms with Gasteiger partial charge in [0.2, 0.25) is 0 Å². The highest BCUT2D eigenvalue weighted by atomic mass is 15.1. The van der Waals surface area contributed by atoms with E-state index in [-0.39, 0.29) is 5.41 Å². The summed E-state index contributed by atoms with van der Waals surface area (Å²) in [5.41, 5.74) is -0.0384. The molecule has 0 amide bonds. The molecule has 0 aromatic carbocycles. The fourth-order valence-electron chi connectivity index (χ4n) is 2.75. The zero-order chi connectivity index (χ0) is 15.5. The van der Waals surface area contributed by atoms with E-state index >= 15 is 0 Å². The van der Waals surface area contributed by atoms with Crippen LogP contribution in [0.4, 0.5) is 11.6 Å². The molecule has 2 rings (SSSR count). The summed E-state index contributed by atoms with van der Waals surface area (Å²) in [6, 6.07) is 2.61. The van der Waals surface area contributed by atoms with Crippen molar-refractivity contribution in [3.05, 3.63) is 11.9 Å².